The summed E-state index contributed by atoms with van der Waals surface area (Å²) < 4.78 is 36.8. The first kappa shape index (κ1) is 11.3. The van der Waals surface area contributed by atoms with Gasteiger partial charge in [0.25, 0.3) is 0 Å². The molecule has 0 spiro atoms. The summed E-state index contributed by atoms with van der Waals surface area (Å²) in [5.74, 6) is 0. The van der Waals surface area contributed by atoms with Gasteiger partial charge in [-0.15, -0.1) is 0 Å². The summed E-state index contributed by atoms with van der Waals surface area (Å²) in [6, 6.07) is 0. The molecule has 0 aromatic heterocycles. The van der Waals surface area contributed by atoms with Gasteiger partial charge in [0.2, 0.25) is 0 Å². The van der Waals surface area contributed by atoms with Crippen molar-refractivity contribution >= 4 is 18.5 Å². The van der Waals surface area contributed by atoms with Crippen molar-refractivity contribution in [2.45, 2.75) is 38.2 Å². The summed E-state index contributed by atoms with van der Waals surface area (Å²) in [5.41, 5.74) is 0. The van der Waals surface area contributed by atoms with Crippen LogP contribution in [0.4, 0.5) is 13.2 Å². The molecular weight excluding hydrogens is 193 g/mol. The Morgan fingerprint density at radius 2 is 1.36 bits per heavy atom. The molecule has 0 saturated heterocycles. The van der Waals surface area contributed by atoms with Gasteiger partial charge in [-0.3, -0.25) is 0 Å². The van der Waals surface area contributed by atoms with Gasteiger partial charge in [-0.25, -0.2) is 0 Å². The molecule has 0 aliphatic carbocycles. The summed E-state index contributed by atoms with van der Waals surface area (Å²) >= 11 is 5.73. The minimum absolute atomic E-state index is 1.16. The van der Waals surface area contributed by atoms with E-state index in [1.54, 1.807) is 0 Å². The standard InChI is InChI=1S/C6H12ClF3Si/c1-5(2,6(8,9)10)11(3,4)7/h1-4H3. The molecule has 0 aliphatic heterocycles. The highest BCUT2D eigenvalue weighted by Gasteiger charge is 2.57. The van der Waals surface area contributed by atoms with Gasteiger partial charge < -0.3 is 0 Å². The van der Waals surface area contributed by atoms with E-state index in [9.17, 15) is 13.2 Å². The molecule has 0 amide bonds. The molecule has 0 atom stereocenters. The lowest BCUT2D eigenvalue weighted by Gasteiger charge is -2.36. The molecule has 0 nitrogen and oxygen atoms in total. The molecular formula is C6H12ClF3Si. The molecule has 0 fully saturated rings. The Kier molecular flexibility index (Phi) is 2.73. The van der Waals surface area contributed by atoms with E-state index in [1.807, 2.05) is 0 Å². The zero-order valence-corrected chi connectivity index (χ0v) is 8.77. The summed E-state index contributed by atoms with van der Waals surface area (Å²) in [6.07, 6.45) is -4.19. The van der Waals surface area contributed by atoms with Crippen molar-refractivity contribution in [1.82, 2.24) is 0 Å². The molecule has 0 N–H and O–H groups in total. The number of hydrogen-bond donors (Lipinski definition) is 0. The van der Waals surface area contributed by atoms with Crippen LogP contribution in [0.1, 0.15) is 13.8 Å². The van der Waals surface area contributed by atoms with Crippen molar-refractivity contribution in [3.05, 3.63) is 0 Å². The molecule has 0 unspecified atom stereocenters. The normalized spacial score (nSPS) is 15.3. The topological polar surface area (TPSA) is 0 Å². The lowest BCUT2D eigenvalue weighted by molar-refractivity contribution is -0.158. The van der Waals surface area contributed by atoms with Gasteiger partial charge in [0.15, 0.2) is 7.38 Å². The Morgan fingerprint density at radius 3 is 1.36 bits per heavy atom. The molecule has 0 bridgehead atoms. The van der Waals surface area contributed by atoms with Crippen LogP contribution < -0.4 is 0 Å². The van der Waals surface area contributed by atoms with Crippen LogP contribution >= 0.6 is 11.1 Å². The molecule has 0 rings (SSSR count). The fourth-order valence-electron chi connectivity index (χ4n) is 0.337. The Hall–Kier alpha value is 0.297. The third-order valence-electron chi connectivity index (χ3n) is 2.19. The van der Waals surface area contributed by atoms with Crippen molar-refractivity contribution in [2.24, 2.45) is 0 Å². The predicted molar refractivity (Wildman–Crippen MR) is 43.4 cm³/mol. The lowest BCUT2D eigenvalue weighted by Crippen LogP contribution is -2.43. The fraction of sp³-hybridized carbons (Fsp3) is 1.00. The van der Waals surface area contributed by atoms with Crippen LogP contribution in [0.3, 0.4) is 0 Å². The highest BCUT2D eigenvalue weighted by atomic mass is 35.6. The maximum atomic E-state index is 12.3. The van der Waals surface area contributed by atoms with E-state index in [4.69, 9.17) is 11.1 Å². The summed E-state index contributed by atoms with van der Waals surface area (Å²) in [4.78, 5) is 0. The van der Waals surface area contributed by atoms with E-state index >= 15 is 0 Å². The zero-order valence-electron chi connectivity index (χ0n) is 7.01. The molecule has 0 radical (unpaired) electrons. The van der Waals surface area contributed by atoms with Crippen LogP contribution in [0.2, 0.25) is 18.1 Å². The van der Waals surface area contributed by atoms with E-state index in [1.165, 1.54) is 13.1 Å². The monoisotopic (exact) mass is 204 g/mol. The highest BCUT2D eigenvalue weighted by Crippen LogP contribution is 2.52. The molecule has 0 aromatic rings. The molecule has 68 valence electrons. The molecule has 11 heavy (non-hydrogen) atoms. The second kappa shape index (κ2) is 2.66. The Balaban J connectivity index is 4.75. The van der Waals surface area contributed by atoms with E-state index in [0.29, 0.717) is 0 Å². The molecule has 0 aliphatic rings. The van der Waals surface area contributed by atoms with Gasteiger partial charge in [-0.2, -0.15) is 24.3 Å². The molecule has 5 heteroatoms. The number of hydrogen-bond acceptors (Lipinski definition) is 0. The van der Waals surface area contributed by atoms with E-state index in [-0.39, 0.29) is 0 Å². The van der Waals surface area contributed by atoms with Crippen molar-refractivity contribution in [3.63, 3.8) is 0 Å². The number of halogens is 4. The largest absolute Gasteiger partial charge is 0.392 e. The number of alkyl halides is 3. The molecule has 0 saturated carbocycles. The maximum Gasteiger partial charge on any atom is 0.392 e. The van der Waals surface area contributed by atoms with Crippen LogP contribution in [-0.4, -0.2) is 13.6 Å². The summed E-state index contributed by atoms with van der Waals surface area (Å²) in [7, 11) is -2.67. The first-order valence-electron chi connectivity index (χ1n) is 3.26. The maximum absolute atomic E-state index is 12.3. The zero-order chi connectivity index (χ0) is 9.50. The second-order valence-corrected chi connectivity index (χ2v) is 10.6. The summed E-state index contributed by atoms with van der Waals surface area (Å²) in [6.45, 7) is 5.32. The van der Waals surface area contributed by atoms with Gasteiger partial charge in [-0.1, -0.05) is 26.9 Å². The van der Waals surface area contributed by atoms with Gasteiger partial charge >= 0.3 is 6.18 Å². The average Bonchev–Trinajstić information content (AvgIpc) is 1.58. The second-order valence-electron chi connectivity index (χ2n) is 3.60. The van der Waals surface area contributed by atoms with Crippen LogP contribution in [-0.2, 0) is 0 Å². The van der Waals surface area contributed by atoms with Gasteiger partial charge in [0.05, 0.1) is 5.04 Å². The Labute approximate surface area is 70.5 Å². The van der Waals surface area contributed by atoms with Crippen LogP contribution in [0, 0.1) is 0 Å². The van der Waals surface area contributed by atoms with Crippen molar-refractivity contribution < 1.29 is 13.2 Å². The first-order chi connectivity index (χ1) is 4.50. The van der Waals surface area contributed by atoms with Crippen molar-refractivity contribution in [3.8, 4) is 0 Å². The van der Waals surface area contributed by atoms with E-state index in [0.717, 1.165) is 13.8 Å². The quantitative estimate of drug-likeness (QED) is 0.451. The first-order valence-corrected chi connectivity index (χ1v) is 7.27. The third-order valence-corrected chi connectivity index (χ3v) is 6.87. The Morgan fingerprint density at radius 1 is 1.09 bits per heavy atom. The van der Waals surface area contributed by atoms with Crippen molar-refractivity contribution in [2.75, 3.05) is 0 Å². The molecule has 0 aromatic carbocycles. The Bertz CT molecular complexity index is 129. The van der Waals surface area contributed by atoms with Crippen LogP contribution in [0.25, 0.3) is 0 Å². The highest BCUT2D eigenvalue weighted by molar-refractivity contribution is 7.20. The number of rotatable bonds is 1. The van der Waals surface area contributed by atoms with E-state index < -0.39 is 18.6 Å². The molecule has 0 heterocycles. The third kappa shape index (κ3) is 2.12. The van der Waals surface area contributed by atoms with Crippen LogP contribution in [0.5, 0.6) is 0 Å². The minimum atomic E-state index is -4.19. The van der Waals surface area contributed by atoms with Gasteiger partial charge in [0.1, 0.15) is 0 Å². The average molecular weight is 205 g/mol. The van der Waals surface area contributed by atoms with Gasteiger partial charge in [-0.05, 0) is 0 Å². The van der Waals surface area contributed by atoms with E-state index in [2.05, 4.69) is 0 Å². The summed E-state index contributed by atoms with van der Waals surface area (Å²) in [5, 5.41) is -1.72. The predicted octanol–water partition coefficient (Wildman–Crippen LogP) is 3.77. The van der Waals surface area contributed by atoms with Crippen LogP contribution in [0.15, 0.2) is 0 Å². The SMILES string of the molecule is CC(C)(C(F)(F)F)[Si](C)(C)Cl. The van der Waals surface area contributed by atoms with Crippen molar-refractivity contribution in [1.29, 1.82) is 0 Å². The fourth-order valence-corrected chi connectivity index (χ4v) is 1.33. The minimum Gasteiger partial charge on any atom is -0.171 e. The lowest BCUT2D eigenvalue weighted by atomic mass is 10.2. The van der Waals surface area contributed by atoms with Gasteiger partial charge in [0, 0.05) is 0 Å². The smallest absolute Gasteiger partial charge is 0.171 e.